The van der Waals surface area contributed by atoms with Crippen molar-refractivity contribution in [2.45, 2.75) is 304 Å². The zero-order valence-corrected chi connectivity index (χ0v) is 94.0. The van der Waals surface area contributed by atoms with Crippen LogP contribution in [0.4, 0.5) is 0 Å². The Morgan fingerprint density at radius 1 is 0.465 bits per heavy atom. The smallest absolute Gasteiger partial charge is 0.309 e. The average molecular weight is 2020 g/mol. The number of cyclic esters (lactones) is 1. The van der Waals surface area contributed by atoms with Crippen molar-refractivity contribution in [2.75, 3.05) is 124 Å². The van der Waals surface area contributed by atoms with Gasteiger partial charge >= 0.3 is 5.97 Å². The lowest BCUT2D eigenvalue weighted by molar-refractivity contribution is -0.147. The zero-order chi connectivity index (χ0) is 109. The van der Waals surface area contributed by atoms with Crippen LogP contribution < -0.4 is 43.6 Å². The van der Waals surface area contributed by atoms with Crippen molar-refractivity contribution < 1.29 is 95.8 Å². The summed E-state index contributed by atoms with van der Waals surface area (Å²) in [5.41, 5.74) is 27.3. The molecule has 0 aromatic heterocycles. The second-order valence-electron chi connectivity index (χ2n) is 43.4. The third-order valence-electron chi connectivity index (χ3n) is 28.2. The van der Waals surface area contributed by atoms with E-state index in [1.807, 2.05) is 104 Å². The Hall–Kier alpha value is -9.36. The summed E-state index contributed by atoms with van der Waals surface area (Å²) in [5, 5.41) is 39.7. The van der Waals surface area contributed by atoms with Gasteiger partial charge in [0, 0.05) is 140 Å². The summed E-state index contributed by atoms with van der Waals surface area (Å²) in [7, 11) is 16.9. The number of aliphatic hydroxyl groups excluding tert-OH is 2. The number of nitrogens with zero attached hydrogens (tertiary/aromatic N) is 8. The van der Waals surface area contributed by atoms with Crippen LogP contribution in [0.25, 0.3) is 20.9 Å². The molecule has 0 aliphatic carbocycles. The summed E-state index contributed by atoms with van der Waals surface area (Å²) in [5.74, 6) is 8.61. The quantitative estimate of drug-likeness (QED) is 0.00923. The molecular weight excluding hydrogens is 1830 g/mol. The van der Waals surface area contributed by atoms with Crippen molar-refractivity contribution in [3.63, 3.8) is 0 Å². The lowest BCUT2D eigenvalue weighted by atomic mass is 9.78. The maximum Gasteiger partial charge on any atom is 0.309 e. The Morgan fingerprint density at radius 2 is 0.785 bits per heavy atom. The number of carbonyl (C=O) groups is 5. The van der Waals surface area contributed by atoms with Gasteiger partial charge in [-0.15, -0.1) is 0 Å². The second-order valence-corrected chi connectivity index (χ2v) is 43.4. The molecule has 1 fully saturated rings. The number of nitrogens with two attached hydrogens (primary N) is 1. The summed E-state index contributed by atoms with van der Waals surface area (Å²) < 4.78 is 71.8. The van der Waals surface area contributed by atoms with E-state index in [-0.39, 0.29) is 108 Å². The maximum absolute atomic E-state index is 13.1. The van der Waals surface area contributed by atoms with Gasteiger partial charge in [-0.3, -0.25) is 24.0 Å². The standard InChI is InChI=1S/C31H52N4O6.C31H50N4O5.C27H45NO4.C26H42O5/c1-20(2)23(16-22-10-11-28(40-8)29(17-22)41-15-9-14-39-7)18-25(34-35-33)27(37)19-24(21(3)4)26(36)12-13-31(5,6)30(32)38;1-21(2)24(16-23-10-11-29(39-8)30(17-23)40-15-9-14-38-7)18-26(34-35-33)28(37)19-25(22(3)4)27(36)12-13-31(5,6)20-32;1-20(2)23(12-9-10-13-24(21(3)4)27(29)28(5)6)18-22-14-15-25(31-8)26(19-22)32-17-11-16-30-7;1-17(2)21(13-19(5)24-16-22(18(3)4)26(27)31-24)14-20-9-10-23(29-7)25(15-20)30-12-8-11-28-6/h10-11,17,20-21,23-25,27,37H,9,12-16,18-19H2,1-8H3,(H2,32,38);10-11,17,21-22,24-26,28,37H,9,12-16,18-19H2,1-8H3;9-10,14-15,19-21,23-24H,11-13,16-18H2,1-8H3;9-10,15,17-19,21-22,24H,8,11-14,16H2,1-7H3/b;;10-9+;/t23-,24-,25-,27-;24-,25-,26-,28-;23-,24+;19-,21-,22+,24+/m0011/s1. The Labute approximate surface area is 866 Å². The van der Waals surface area contributed by atoms with Crippen LogP contribution in [-0.2, 0) is 73.3 Å². The van der Waals surface area contributed by atoms with Gasteiger partial charge in [-0.2, -0.15) is 5.26 Å². The number of aliphatic hydroxyl groups is 2. The summed E-state index contributed by atoms with van der Waals surface area (Å²) in [4.78, 5) is 70.3. The number of allylic oxidation sites excluding steroid dienone is 2. The molecule has 0 unspecified atom stereocenters. The van der Waals surface area contributed by atoms with Gasteiger partial charge in [0.05, 0.1) is 96.6 Å². The average Bonchev–Trinajstić information content (AvgIpc) is 1.61. The van der Waals surface area contributed by atoms with Gasteiger partial charge in [0.15, 0.2) is 46.0 Å². The topological polar surface area (TPSA) is 396 Å². The van der Waals surface area contributed by atoms with E-state index in [9.17, 15) is 50.5 Å². The van der Waals surface area contributed by atoms with E-state index in [1.54, 1.807) is 75.6 Å². The van der Waals surface area contributed by atoms with E-state index in [0.29, 0.717) is 156 Å². The normalized spacial score (nSPS) is 15.7. The number of esters is 1. The minimum atomic E-state index is -0.983. The molecule has 4 aromatic carbocycles. The molecule has 14 atom stereocenters. The fraction of sp³-hybridized carbons (Fsp3) is 0.722. The van der Waals surface area contributed by atoms with Crippen molar-refractivity contribution in [2.24, 2.45) is 127 Å². The molecule has 2 amide bonds. The minimum absolute atomic E-state index is 0.0153. The van der Waals surface area contributed by atoms with Crippen molar-refractivity contribution in [3.05, 3.63) is 128 Å². The Bertz CT molecular complexity index is 4490. The SMILES string of the molecule is COCCCOc1cc(C[C@@H](C/C=C/C[C@H](C(=O)N(C)C)C(C)C)C(C)C)ccc1OC.COCCCOc1cc(C[C@@H](C[C@@H](C)[C@@H]2C[C@@H](C(C)C)C(=O)O2)C(C)C)ccc1OC.COCCCOc1cc(C[C@@H](C[C@H](N=[N+]=[N-])[C@@H](O)C[C@H](C(=O)CCC(C)(C)C#N)C(C)C)C(C)C)ccc1OC.COCCCOc1cc(C[C@@H](C[C@H](N=[N+]=[N-])[C@@H](O)C[C@H](C(=O)CCC(C)(C)C(N)=O)C(C)C)C(C)C)ccc1OC. The van der Waals surface area contributed by atoms with Crippen molar-refractivity contribution >= 4 is 29.4 Å². The third-order valence-corrected chi connectivity index (χ3v) is 28.2. The first-order chi connectivity index (χ1) is 68.1. The molecule has 0 saturated carbocycles. The fourth-order valence-electron chi connectivity index (χ4n) is 17.7. The number of amides is 2. The summed E-state index contributed by atoms with van der Waals surface area (Å²) in [6.45, 7) is 47.9. The van der Waals surface area contributed by atoms with Crippen LogP contribution in [0.5, 0.6) is 46.0 Å². The monoisotopic (exact) mass is 2020 g/mol. The largest absolute Gasteiger partial charge is 0.493 e. The van der Waals surface area contributed by atoms with Gasteiger partial charge in [-0.25, -0.2) is 0 Å². The van der Waals surface area contributed by atoms with Crippen LogP contribution in [0.2, 0.25) is 0 Å². The van der Waals surface area contributed by atoms with E-state index >= 15 is 0 Å². The number of rotatable bonds is 69. The second kappa shape index (κ2) is 70.5. The molecule has 1 aliphatic rings. The number of primary amides is 1. The Morgan fingerprint density at radius 3 is 1.06 bits per heavy atom. The highest BCUT2D eigenvalue weighted by Crippen LogP contribution is 2.41. The van der Waals surface area contributed by atoms with Gasteiger partial charge in [-0.05, 0) is 263 Å². The molecule has 29 nitrogen and oxygen atoms in total. The number of hydrogen-bond acceptors (Lipinski definition) is 23. The molecule has 29 heteroatoms. The molecule has 4 N–H and O–H groups in total. The summed E-state index contributed by atoms with van der Waals surface area (Å²) in [6.07, 6.45) is 15.4. The van der Waals surface area contributed by atoms with Crippen molar-refractivity contribution in [3.8, 4) is 52.1 Å². The van der Waals surface area contributed by atoms with Crippen molar-refractivity contribution in [1.82, 2.24) is 4.90 Å². The number of methoxy groups -OCH3 is 8. The molecule has 5 rings (SSSR count). The molecular formula is C115H189N9O20. The number of azide groups is 2. The first kappa shape index (κ1) is 131. The van der Waals surface area contributed by atoms with Gasteiger partial charge in [0.1, 0.15) is 17.7 Å². The third kappa shape index (κ3) is 49.0. The van der Waals surface area contributed by atoms with Crippen LogP contribution in [0.1, 0.15) is 270 Å². The molecule has 814 valence electrons. The molecule has 1 heterocycles. The number of ketones is 2. The number of ether oxygens (including phenoxy) is 13. The first-order valence-corrected chi connectivity index (χ1v) is 52.5. The number of hydrogen-bond donors (Lipinski definition) is 3. The minimum Gasteiger partial charge on any atom is -0.493 e. The highest BCUT2D eigenvalue weighted by molar-refractivity contribution is 5.84. The van der Waals surface area contributed by atoms with Crippen molar-refractivity contribution in [1.29, 1.82) is 5.26 Å². The Balaban J connectivity index is 0.000000653. The highest BCUT2D eigenvalue weighted by atomic mass is 16.6. The number of benzene rings is 4. The number of nitriles is 1. The maximum atomic E-state index is 13.1. The fourth-order valence-corrected chi connectivity index (χ4v) is 17.7. The lowest BCUT2D eigenvalue weighted by Crippen LogP contribution is -2.35. The van der Waals surface area contributed by atoms with Gasteiger partial charge in [0.2, 0.25) is 11.8 Å². The van der Waals surface area contributed by atoms with E-state index in [4.69, 9.17) is 67.3 Å². The number of carbonyl (C=O) groups excluding carboxylic acids is 5. The number of Topliss-reactive ketones (excluding diaryl/α,β-unsaturated/α-hetero) is 2. The van der Waals surface area contributed by atoms with Gasteiger partial charge < -0.3 is 82.4 Å². The van der Waals surface area contributed by atoms with Gasteiger partial charge in [-0.1, -0.05) is 178 Å². The molecule has 0 bridgehead atoms. The van der Waals surface area contributed by atoms with E-state index in [0.717, 1.165) is 98.3 Å². The van der Waals surface area contributed by atoms with Crippen LogP contribution in [0, 0.1) is 123 Å². The van der Waals surface area contributed by atoms with E-state index in [2.05, 4.69) is 153 Å². The van der Waals surface area contributed by atoms with E-state index < -0.39 is 46.9 Å². The van der Waals surface area contributed by atoms with Crippen LogP contribution in [0.3, 0.4) is 0 Å². The Kier molecular flexibility index (Phi) is 64.0. The van der Waals surface area contributed by atoms with Gasteiger partial charge in [0.25, 0.3) is 0 Å². The van der Waals surface area contributed by atoms with Crippen LogP contribution in [0.15, 0.2) is 95.2 Å². The molecule has 0 spiro atoms. The molecule has 1 saturated heterocycles. The predicted molar refractivity (Wildman–Crippen MR) is 574 cm³/mol. The predicted octanol–water partition coefficient (Wildman–Crippen LogP) is 24.0. The highest BCUT2D eigenvalue weighted by Gasteiger charge is 2.41. The summed E-state index contributed by atoms with van der Waals surface area (Å²) >= 11 is 0. The van der Waals surface area contributed by atoms with Crippen LogP contribution >= 0.6 is 0 Å². The van der Waals surface area contributed by atoms with Crippen LogP contribution in [-0.4, -0.2) is 199 Å². The molecule has 1 aliphatic heterocycles. The first-order valence-electron chi connectivity index (χ1n) is 52.5. The van der Waals surface area contributed by atoms with E-state index in [1.165, 1.54) is 11.1 Å². The summed E-state index contributed by atoms with van der Waals surface area (Å²) in [6, 6.07) is 25.1. The zero-order valence-electron chi connectivity index (χ0n) is 94.0. The molecule has 4 aromatic rings. The molecule has 0 radical (unpaired) electrons. The lowest BCUT2D eigenvalue weighted by Gasteiger charge is -2.30. The molecule has 144 heavy (non-hydrogen) atoms.